The van der Waals surface area contributed by atoms with Crippen molar-refractivity contribution < 1.29 is 5.11 Å². The van der Waals surface area contributed by atoms with Crippen LogP contribution in [0.4, 0.5) is 0 Å². The Morgan fingerprint density at radius 3 is 2.81 bits per heavy atom. The normalized spacial score (nSPS) is 22.3. The van der Waals surface area contributed by atoms with Gasteiger partial charge in [0.2, 0.25) is 0 Å². The molecular weight excluding hydrogens is 258 g/mol. The third-order valence-corrected chi connectivity index (χ3v) is 4.41. The Labute approximate surface area is 128 Å². The lowest BCUT2D eigenvalue weighted by molar-refractivity contribution is 0.359. The number of hydrogen-bond acceptors (Lipinski definition) is 2. The molecule has 0 saturated heterocycles. The summed E-state index contributed by atoms with van der Waals surface area (Å²) in [6.07, 6.45) is 7.94. The number of allylic oxidation sites excluding steroid dienone is 1. The number of nitrogens with two attached hydrogens (primary N) is 1. The van der Waals surface area contributed by atoms with Crippen LogP contribution in [0.5, 0.6) is 5.75 Å². The van der Waals surface area contributed by atoms with Crippen molar-refractivity contribution in [2.45, 2.75) is 51.5 Å². The van der Waals surface area contributed by atoms with Gasteiger partial charge in [0.25, 0.3) is 0 Å². The summed E-state index contributed by atoms with van der Waals surface area (Å²) in [7, 11) is 0. The molecule has 1 aliphatic rings. The molecule has 1 aromatic carbocycles. The molecule has 114 valence electrons. The van der Waals surface area contributed by atoms with Crippen molar-refractivity contribution in [2.75, 3.05) is 0 Å². The smallest absolute Gasteiger partial charge is 0.122 e. The van der Waals surface area contributed by atoms with Crippen molar-refractivity contribution in [3.8, 4) is 5.75 Å². The fourth-order valence-corrected chi connectivity index (χ4v) is 3.44. The van der Waals surface area contributed by atoms with E-state index in [9.17, 15) is 5.11 Å². The third-order valence-electron chi connectivity index (χ3n) is 4.41. The topological polar surface area (TPSA) is 46.2 Å². The average molecular weight is 285 g/mol. The van der Waals surface area contributed by atoms with Crippen LogP contribution in [-0.4, -0.2) is 11.1 Å². The predicted octanol–water partition coefficient (Wildman–Crippen LogP) is 4.05. The van der Waals surface area contributed by atoms with Crippen molar-refractivity contribution in [1.29, 1.82) is 0 Å². The van der Waals surface area contributed by atoms with Crippen LogP contribution in [0.2, 0.25) is 0 Å². The summed E-state index contributed by atoms with van der Waals surface area (Å²) in [5, 5.41) is 10.1. The van der Waals surface area contributed by atoms with Gasteiger partial charge in [0, 0.05) is 6.04 Å². The second kappa shape index (κ2) is 6.95. The Balaban J connectivity index is 2.02. The molecule has 2 nitrogen and oxygen atoms in total. The van der Waals surface area contributed by atoms with E-state index in [0.29, 0.717) is 18.1 Å². The number of benzene rings is 1. The van der Waals surface area contributed by atoms with Gasteiger partial charge < -0.3 is 10.8 Å². The van der Waals surface area contributed by atoms with Gasteiger partial charge in [-0.2, -0.15) is 0 Å². The van der Waals surface area contributed by atoms with E-state index in [0.717, 1.165) is 43.2 Å². The van der Waals surface area contributed by atoms with Crippen LogP contribution in [-0.2, 0) is 12.8 Å². The average Bonchev–Trinajstić information content (AvgIpc) is 2.41. The van der Waals surface area contributed by atoms with Crippen LogP contribution in [0.1, 0.15) is 42.4 Å². The Hall–Kier alpha value is -1.54. The van der Waals surface area contributed by atoms with E-state index < -0.39 is 0 Å². The number of aryl methyl sites for hydroxylation is 2. The lowest BCUT2D eigenvalue weighted by atomic mass is 9.80. The van der Waals surface area contributed by atoms with Gasteiger partial charge in [0.15, 0.2) is 0 Å². The zero-order valence-electron chi connectivity index (χ0n) is 13.1. The van der Waals surface area contributed by atoms with E-state index in [1.165, 1.54) is 11.1 Å². The summed E-state index contributed by atoms with van der Waals surface area (Å²) in [6, 6.07) is 4.50. The minimum Gasteiger partial charge on any atom is -0.507 e. The van der Waals surface area contributed by atoms with Crippen molar-refractivity contribution >= 4 is 0 Å². The highest BCUT2D eigenvalue weighted by Crippen LogP contribution is 2.31. The number of phenolic OH excluding ortho intramolecular Hbond substituents is 1. The number of aromatic hydroxyl groups is 1. The molecule has 0 heterocycles. The molecule has 2 rings (SSSR count). The van der Waals surface area contributed by atoms with Crippen molar-refractivity contribution in [2.24, 2.45) is 11.7 Å². The minimum absolute atomic E-state index is 0.286. The Kier molecular flexibility index (Phi) is 5.24. The first-order valence-electron chi connectivity index (χ1n) is 7.84. The number of phenols is 1. The van der Waals surface area contributed by atoms with Gasteiger partial charge in [0.1, 0.15) is 5.75 Å². The second-order valence-electron chi connectivity index (χ2n) is 6.47. The third kappa shape index (κ3) is 4.21. The highest BCUT2D eigenvalue weighted by molar-refractivity contribution is 5.44. The Morgan fingerprint density at radius 1 is 1.38 bits per heavy atom. The molecule has 0 spiro atoms. The van der Waals surface area contributed by atoms with Crippen LogP contribution in [0.15, 0.2) is 36.9 Å². The van der Waals surface area contributed by atoms with E-state index in [2.05, 4.69) is 25.3 Å². The first-order chi connectivity index (χ1) is 9.99. The molecule has 21 heavy (non-hydrogen) atoms. The molecule has 0 aromatic heterocycles. The first-order valence-corrected chi connectivity index (χ1v) is 7.84. The molecule has 0 radical (unpaired) electrons. The molecule has 2 unspecified atom stereocenters. The largest absolute Gasteiger partial charge is 0.507 e. The van der Waals surface area contributed by atoms with Gasteiger partial charge in [-0.25, -0.2) is 0 Å². The lowest BCUT2D eigenvalue weighted by Crippen LogP contribution is -2.29. The maximum atomic E-state index is 10.1. The van der Waals surface area contributed by atoms with E-state index >= 15 is 0 Å². The van der Waals surface area contributed by atoms with Gasteiger partial charge in [-0.15, -0.1) is 6.58 Å². The standard InChI is InChI=1S/C19H27NO/c1-4-5-17-11-16(10-14(3)19(17)21)7-6-15-8-13(2)9-18(20)12-15/h4,10-11,15,18,21H,1-2,5-9,12,20H2,3H3. The van der Waals surface area contributed by atoms with E-state index in [1.54, 1.807) is 0 Å². The quantitative estimate of drug-likeness (QED) is 0.802. The van der Waals surface area contributed by atoms with Crippen LogP contribution in [0.3, 0.4) is 0 Å². The first kappa shape index (κ1) is 15.8. The van der Waals surface area contributed by atoms with Gasteiger partial charge in [-0.05, 0) is 68.1 Å². The summed E-state index contributed by atoms with van der Waals surface area (Å²) in [5.74, 6) is 1.06. The SMILES string of the molecule is C=CCc1cc(CCC2CC(=C)CC(N)C2)cc(C)c1O. The van der Waals surface area contributed by atoms with Crippen molar-refractivity contribution in [3.63, 3.8) is 0 Å². The molecule has 0 amide bonds. The monoisotopic (exact) mass is 285 g/mol. The predicted molar refractivity (Wildman–Crippen MR) is 89.5 cm³/mol. The van der Waals surface area contributed by atoms with Crippen LogP contribution < -0.4 is 5.73 Å². The summed E-state index contributed by atoms with van der Waals surface area (Å²) in [4.78, 5) is 0. The molecule has 0 aliphatic heterocycles. The highest BCUT2D eigenvalue weighted by Gasteiger charge is 2.21. The number of rotatable bonds is 5. The fraction of sp³-hybridized carbons (Fsp3) is 0.474. The zero-order valence-corrected chi connectivity index (χ0v) is 13.1. The van der Waals surface area contributed by atoms with Crippen molar-refractivity contribution in [3.05, 3.63) is 53.6 Å². The lowest BCUT2D eigenvalue weighted by Gasteiger charge is -2.28. The Bertz CT molecular complexity index is 533. The van der Waals surface area contributed by atoms with E-state index in [1.807, 2.05) is 13.0 Å². The van der Waals surface area contributed by atoms with Crippen LogP contribution >= 0.6 is 0 Å². The van der Waals surface area contributed by atoms with E-state index in [-0.39, 0.29) is 6.04 Å². The van der Waals surface area contributed by atoms with Gasteiger partial charge in [0.05, 0.1) is 0 Å². The molecule has 1 aromatic rings. The molecule has 1 aliphatic carbocycles. The minimum atomic E-state index is 0.286. The molecule has 2 atom stereocenters. The summed E-state index contributed by atoms with van der Waals surface area (Å²) >= 11 is 0. The molecule has 1 saturated carbocycles. The summed E-state index contributed by atoms with van der Waals surface area (Å²) in [6.45, 7) is 9.83. The number of hydrogen-bond donors (Lipinski definition) is 2. The maximum absolute atomic E-state index is 10.1. The van der Waals surface area contributed by atoms with Gasteiger partial charge in [-0.3, -0.25) is 0 Å². The van der Waals surface area contributed by atoms with Crippen molar-refractivity contribution in [1.82, 2.24) is 0 Å². The van der Waals surface area contributed by atoms with Crippen LogP contribution in [0.25, 0.3) is 0 Å². The highest BCUT2D eigenvalue weighted by atomic mass is 16.3. The zero-order chi connectivity index (χ0) is 15.4. The van der Waals surface area contributed by atoms with Gasteiger partial charge in [-0.1, -0.05) is 30.4 Å². The van der Waals surface area contributed by atoms with Crippen LogP contribution in [0, 0.1) is 12.8 Å². The summed E-state index contributed by atoms with van der Waals surface area (Å²) in [5.41, 5.74) is 10.6. The maximum Gasteiger partial charge on any atom is 0.122 e. The fourth-order valence-electron chi connectivity index (χ4n) is 3.44. The molecule has 2 heteroatoms. The molecule has 1 fully saturated rings. The molecular formula is C19H27NO. The molecule has 0 bridgehead atoms. The van der Waals surface area contributed by atoms with E-state index in [4.69, 9.17) is 5.73 Å². The van der Waals surface area contributed by atoms with Gasteiger partial charge >= 0.3 is 0 Å². The second-order valence-corrected chi connectivity index (χ2v) is 6.47. The summed E-state index contributed by atoms with van der Waals surface area (Å²) < 4.78 is 0. The Morgan fingerprint density at radius 2 is 2.14 bits per heavy atom. The molecule has 3 N–H and O–H groups in total.